The maximum Gasteiger partial charge on any atom is 0.266 e. The van der Waals surface area contributed by atoms with E-state index >= 15 is 0 Å². The molecule has 1 unspecified atom stereocenters. The molecule has 0 radical (unpaired) electrons. The second kappa shape index (κ2) is 8.69. The molecule has 5 heterocycles. The van der Waals surface area contributed by atoms with E-state index in [1.165, 1.54) is 21.8 Å². The number of nitrogens with zero attached hydrogens (tertiary/aromatic N) is 9. The van der Waals surface area contributed by atoms with Gasteiger partial charge in [0.1, 0.15) is 6.33 Å². The van der Waals surface area contributed by atoms with Crippen molar-refractivity contribution in [2.24, 2.45) is 12.5 Å². The van der Waals surface area contributed by atoms with Crippen LogP contribution in [-0.2, 0) is 11.8 Å². The number of β-amino-alcohol motifs (C(OH)–C–C–N with tert-alkyl or cyclic N) is 1. The van der Waals surface area contributed by atoms with Crippen molar-refractivity contribution in [3.8, 4) is 5.82 Å². The SMILES string of the molecule is Cc1nc(-n2cnnn2)ccc1C(O)CN1CCC2(CC1)CCN(c1ccc(=O)n(C)n1)C2=O. The summed E-state index contributed by atoms with van der Waals surface area (Å²) in [6.45, 7) is 4.39. The average molecular weight is 466 g/mol. The molecule has 178 valence electrons. The van der Waals surface area contributed by atoms with Crippen molar-refractivity contribution in [3.05, 3.63) is 52.2 Å². The van der Waals surface area contributed by atoms with Gasteiger partial charge in [-0.1, -0.05) is 6.07 Å². The largest absolute Gasteiger partial charge is 0.387 e. The predicted molar refractivity (Wildman–Crippen MR) is 121 cm³/mol. The number of carbonyl (C=O) groups excluding carboxylic acids is 1. The quantitative estimate of drug-likeness (QED) is 0.553. The Morgan fingerprint density at radius 3 is 2.47 bits per heavy atom. The fourth-order valence-corrected chi connectivity index (χ4v) is 4.95. The van der Waals surface area contributed by atoms with Gasteiger partial charge in [-0.25, -0.2) is 9.67 Å². The summed E-state index contributed by atoms with van der Waals surface area (Å²) in [6.07, 6.45) is 3.03. The summed E-state index contributed by atoms with van der Waals surface area (Å²) in [5.74, 6) is 1.20. The number of hydrogen-bond acceptors (Lipinski definition) is 9. The second-order valence-corrected chi connectivity index (χ2v) is 9.06. The van der Waals surface area contributed by atoms with Crippen LogP contribution < -0.4 is 10.5 Å². The highest BCUT2D eigenvalue weighted by molar-refractivity contribution is 5.99. The molecule has 2 aliphatic rings. The Bertz CT molecular complexity index is 1250. The van der Waals surface area contributed by atoms with Crippen LogP contribution in [0.15, 0.2) is 35.4 Å². The number of pyridine rings is 1. The molecule has 0 aliphatic carbocycles. The maximum atomic E-state index is 13.3. The third-order valence-electron chi connectivity index (χ3n) is 7.03. The molecule has 12 heteroatoms. The smallest absolute Gasteiger partial charge is 0.266 e. The highest BCUT2D eigenvalue weighted by Crippen LogP contribution is 2.42. The molecule has 5 rings (SSSR count). The van der Waals surface area contributed by atoms with E-state index in [4.69, 9.17) is 0 Å². The molecule has 3 aromatic rings. The molecule has 3 aromatic heterocycles. The molecule has 1 spiro atoms. The number of piperidine rings is 1. The van der Waals surface area contributed by atoms with Crippen LogP contribution in [0.5, 0.6) is 0 Å². The van der Waals surface area contributed by atoms with Crippen LogP contribution in [0, 0.1) is 12.3 Å². The first-order chi connectivity index (χ1) is 16.4. The topological polar surface area (TPSA) is 135 Å². The first-order valence-electron chi connectivity index (χ1n) is 11.3. The van der Waals surface area contributed by atoms with E-state index in [9.17, 15) is 14.7 Å². The normalized spacial score (nSPS) is 19.1. The van der Waals surface area contributed by atoms with E-state index in [1.54, 1.807) is 24.1 Å². The monoisotopic (exact) mass is 465 g/mol. The van der Waals surface area contributed by atoms with Crippen molar-refractivity contribution in [1.29, 1.82) is 0 Å². The van der Waals surface area contributed by atoms with Crippen molar-refractivity contribution >= 4 is 11.7 Å². The number of aliphatic hydroxyl groups is 1. The standard InChI is InChI=1S/C22H27N9O3/c1-15-16(3-4-18(24-15)31-14-23-26-27-31)17(32)13-29-10-7-22(8-11-29)9-12-30(21(22)34)19-5-6-20(33)28(2)25-19/h3-6,14,17,32H,7-13H2,1-2H3. The van der Waals surface area contributed by atoms with Gasteiger partial charge in [0.15, 0.2) is 11.6 Å². The van der Waals surface area contributed by atoms with Gasteiger partial charge in [0.05, 0.1) is 11.5 Å². The summed E-state index contributed by atoms with van der Waals surface area (Å²) in [5, 5.41) is 26.2. The maximum absolute atomic E-state index is 13.3. The van der Waals surface area contributed by atoms with Gasteiger partial charge in [0, 0.05) is 37.5 Å². The van der Waals surface area contributed by atoms with Gasteiger partial charge in [-0.2, -0.15) is 9.78 Å². The summed E-state index contributed by atoms with van der Waals surface area (Å²) in [4.78, 5) is 33.4. The summed E-state index contributed by atoms with van der Waals surface area (Å²) >= 11 is 0. The van der Waals surface area contributed by atoms with Gasteiger partial charge in [-0.05, 0) is 61.8 Å². The summed E-state index contributed by atoms with van der Waals surface area (Å²) in [6, 6.07) is 6.70. The number of amides is 1. The lowest BCUT2D eigenvalue weighted by Crippen LogP contribution is -2.46. The number of aliphatic hydroxyl groups excluding tert-OH is 1. The molecule has 34 heavy (non-hydrogen) atoms. The highest BCUT2D eigenvalue weighted by Gasteiger charge is 2.49. The van der Waals surface area contributed by atoms with Crippen LogP contribution in [0.2, 0.25) is 0 Å². The Morgan fingerprint density at radius 1 is 1.06 bits per heavy atom. The molecule has 0 saturated carbocycles. The molecule has 2 fully saturated rings. The van der Waals surface area contributed by atoms with E-state index < -0.39 is 11.5 Å². The number of aryl methyl sites for hydroxylation is 2. The zero-order chi connectivity index (χ0) is 23.9. The summed E-state index contributed by atoms with van der Waals surface area (Å²) in [5.41, 5.74) is 0.886. The lowest BCUT2D eigenvalue weighted by molar-refractivity contribution is -0.128. The van der Waals surface area contributed by atoms with E-state index in [2.05, 4.69) is 30.5 Å². The first-order valence-corrected chi connectivity index (χ1v) is 11.3. The van der Waals surface area contributed by atoms with Crippen molar-refractivity contribution < 1.29 is 9.90 Å². The Balaban J connectivity index is 1.21. The van der Waals surface area contributed by atoms with Crippen molar-refractivity contribution in [3.63, 3.8) is 0 Å². The third-order valence-corrected chi connectivity index (χ3v) is 7.03. The van der Waals surface area contributed by atoms with E-state index in [0.29, 0.717) is 24.7 Å². The van der Waals surface area contributed by atoms with Crippen LogP contribution >= 0.6 is 0 Å². The van der Waals surface area contributed by atoms with Gasteiger partial charge in [0.2, 0.25) is 5.91 Å². The fraction of sp³-hybridized carbons (Fsp3) is 0.500. The molecular formula is C22H27N9O3. The van der Waals surface area contributed by atoms with Gasteiger partial charge >= 0.3 is 0 Å². The highest BCUT2D eigenvalue weighted by atomic mass is 16.3. The number of tetrazole rings is 1. The molecule has 12 nitrogen and oxygen atoms in total. The van der Waals surface area contributed by atoms with Gasteiger partial charge in [-0.15, -0.1) is 5.10 Å². The number of aromatic nitrogens is 7. The molecular weight excluding hydrogens is 438 g/mol. The molecule has 1 N–H and O–H groups in total. The van der Waals surface area contributed by atoms with Crippen LogP contribution in [0.4, 0.5) is 5.82 Å². The molecule has 1 amide bonds. The minimum atomic E-state index is -0.685. The Hall–Kier alpha value is -3.51. The van der Waals surface area contributed by atoms with Crippen LogP contribution in [0.1, 0.15) is 36.6 Å². The van der Waals surface area contributed by atoms with Crippen LogP contribution in [0.3, 0.4) is 0 Å². The summed E-state index contributed by atoms with van der Waals surface area (Å²) < 4.78 is 2.73. The van der Waals surface area contributed by atoms with E-state index in [0.717, 1.165) is 43.6 Å². The van der Waals surface area contributed by atoms with E-state index in [-0.39, 0.29) is 11.5 Å². The lowest BCUT2D eigenvalue weighted by Gasteiger charge is -2.38. The lowest BCUT2D eigenvalue weighted by atomic mass is 9.77. The minimum absolute atomic E-state index is 0.0806. The zero-order valence-electron chi connectivity index (χ0n) is 19.2. The number of rotatable bonds is 5. The number of carbonyl (C=O) groups is 1. The van der Waals surface area contributed by atoms with Gasteiger partial charge in [0.25, 0.3) is 5.56 Å². The average Bonchev–Trinajstić information content (AvgIpc) is 3.47. The zero-order valence-corrected chi connectivity index (χ0v) is 19.2. The summed E-state index contributed by atoms with van der Waals surface area (Å²) in [7, 11) is 1.59. The number of hydrogen-bond donors (Lipinski definition) is 1. The third kappa shape index (κ3) is 3.99. The Morgan fingerprint density at radius 2 is 1.79 bits per heavy atom. The molecule has 2 saturated heterocycles. The molecule has 0 bridgehead atoms. The first kappa shape index (κ1) is 22.3. The van der Waals surface area contributed by atoms with E-state index in [1.807, 2.05) is 13.0 Å². The van der Waals surface area contributed by atoms with Crippen LogP contribution in [0.25, 0.3) is 5.82 Å². The van der Waals surface area contributed by atoms with Crippen molar-refractivity contribution in [2.75, 3.05) is 31.1 Å². The molecule has 2 aliphatic heterocycles. The minimum Gasteiger partial charge on any atom is -0.387 e. The molecule has 0 aromatic carbocycles. The second-order valence-electron chi connectivity index (χ2n) is 9.06. The predicted octanol–water partition coefficient (Wildman–Crippen LogP) is 0.0119. The fourth-order valence-electron chi connectivity index (χ4n) is 4.95. The molecule has 1 atom stereocenters. The van der Waals surface area contributed by atoms with Crippen molar-refractivity contribution in [2.45, 2.75) is 32.3 Å². The van der Waals surface area contributed by atoms with Crippen LogP contribution in [-0.4, -0.2) is 77.1 Å². The number of likely N-dealkylation sites (tertiary alicyclic amines) is 1. The van der Waals surface area contributed by atoms with Gasteiger partial charge < -0.3 is 10.0 Å². The van der Waals surface area contributed by atoms with Crippen molar-refractivity contribution in [1.82, 2.24) is 39.9 Å². The Kier molecular flexibility index (Phi) is 5.70. The Labute approximate surface area is 195 Å². The number of anilines is 1. The van der Waals surface area contributed by atoms with Gasteiger partial charge in [-0.3, -0.25) is 14.5 Å².